The maximum Gasteiger partial charge on any atom is 0.242 e. The molecular weight excluding hydrogens is 282 g/mol. The molecule has 3 heterocycles. The number of nitrogens with one attached hydrogen (secondary N) is 1. The second-order valence-corrected chi connectivity index (χ2v) is 7.02. The Labute approximate surface area is 131 Å². The smallest absolute Gasteiger partial charge is 0.242 e. The molecule has 3 rings (SSSR count). The van der Waals surface area contributed by atoms with E-state index < -0.39 is 12.1 Å². The van der Waals surface area contributed by atoms with E-state index in [1.165, 1.54) is 0 Å². The van der Waals surface area contributed by atoms with E-state index in [1.54, 1.807) is 0 Å². The Bertz CT molecular complexity index is 446. The molecule has 6 heteroatoms. The number of piperidine rings is 2. The number of carbonyl (C=O) groups is 2. The van der Waals surface area contributed by atoms with Gasteiger partial charge in [-0.1, -0.05) is 0 Å². The second kappa shape index (κ2) is 6.16. The van der Waals surface area contributed by atoms with Crippen molar-refractivity contribution in [3.8, 4) is 0 Å². The third-order valence-electron chi connectivity index (χ3n) is 5.72. The second-order valence-electron chi connectivity index (χ2n) is 7.02. The molecule has 6 nitrogen and oxygen atoms in total. The largest absolute Gasteiger partial charge is 0.391 e. The van der Waals surface area contributed by atoms with Gasteiger partial charge < -0.3 is 20.2 Å². The van der Waals surface area contributed by atoms with Crippen LogP contribution in [-0.2, 0) is 9.59 Å². The van der Waals surface area contributed by atoms with Crippen LogP contribution < -0.4 is 5.32 Å². The molecule has 0 unspecified atom stereocenters. The summed E-state index contributed by atoms with van der Waals surface area (Å²) >= 11 is 0. The summed E-state index contributed by atoms with van der Waals surface area (Å²) in [5, 5.41) is 13.0. The van der Waals surface area contributed by atoms with Gasteiger partial charge in [0.05, 0.1) is 6.10 Å². The molecule has 0 aromatic heterocycles. The fourth-order valence-electron chi connectivity index (χ4n) is 4.14. The molecule has 0 bridgehead atoms. The van der Waals surface area contributed by atoms with Crippen LogP contribution in [-0.4, -0.2) is 71.6 Å². The molecule has 3 aliphatic rings. The van der Waals surface area contributed by atoms with Crippen molar-refractivity contribution in [3.63, 3.8) is 0 Å². The van der Waals surface area contributed by atoms with Crippen molar-refractivity contribution in [1.29, 1.82) is 0 Å². The number of hydrogen-bond acceptors (Lipinski definition) is 4. The summed E-state index contributed by atoms with van der Waals surface area (Å²) < 4.78 is 0. The number of amides is 2. The van der Waals surface area contributed by atoms with E-state index in [0.717, 1.165) is 45.4 Å². The average molecular weight is 309 g/mol. The van der Waals surface area contributed by atoms with Crippen LogP contribution in [0, 0.1) is 5.41 Å². The topological polar surface area (TPSA) is 72.9 Å². The molecule has 0 aromatic rings. The fourth-order valence-corrected chi connectivity index (χ4v) is 4.14. The van der Waals surface area contributed by atoms with Gasteiger partial charge in [0.2, 0.25) is 11.8 Å². The summed E-state index contributed by atoms with van der Waals surface area (Å²) in [6.07, 6.45) is 3.63. The van der Waals surface area contributed by atoms with Crippen molar-refractivity contribution in [2.24, 2.45) is 5.41 Å². The number of hydrogen-bond donors (Lipinski definition) is 2. The van der Waals surface area contributed by atoms with Crippen molar-refractivity contribution in [3.05, 3.63) is 0 Å². The highest BCUT2D eigenvalue weighted by Gasteiger charge is 2.43. The molecule has 2 atom stereocenters. The summed E-state index contributed by atoms with van der Waals surface area (Å²) in [4.78, 5) is 28.2. The minimum Gasteiger partial charge on any atom is -0.391 e. The lowest BCUT2D eigenvalue weighted by molar-refractivity contribution is -0.143. The molecule has 3 aliphatic heterocycles. The van der Waals surface area contributed by atoms with E-state index in [2.05, 4.69) is 5.32 Å². The average Bonchev–Trinajstić information content (AvgIpc) is 2.96. The predicted octanol–water partition coefficient (Wildman–Crippen LogP) is -0.0397. The molecule has 2 N–H and O–H groups in total. The van der Waals surface area contributed by atoms with Crippen LogP contribution in [0.5, 0.6) is 0 Å². The first-order valence-electron chi connectivity index (χ1n) is 8.53. The summed E-state index contributed by atoms with van der Waals surface area (Å²) in [6.45, 7) is 5.85. The normalized spacial score (nSPS) is 31.8. The summed E-state index contributed by atoms with van der Waals surface area (Å²) in [5.41, 5.74) is 0.197. The minimum absolute atomic E-state index is 0.0408. The highest BCUT2D eigenvalue weighted by atomic mass is 16.3. The zero-order chi connectivity index (χ0) is 15.7. The minimum atomic E-state index is -0.550. The molecule has 3 saturated heterocycles. The van der Waals surface area contributed by atoms with Gasteiger partial charge >= 0.3 is 0 Å². The SMILES string of the molecule is CCN1CC2(CCC1=O)CCN(C(=O)[C@H]1NCC[C@@H]1O)CC2. The summed E-state index contributed by atoms with van der Waals surface area (Å²) in [6, 6.07) is -0.422. The Morgan fingerprint density at radius 1 is 1.36 bits per heavy atom. The van der Waals surface area contributed by atoms with Gasteiger partial charge in [0.1, 0.15) is 6.04 Å². The van der Waals surface area contributed by atoms with Gasteiger partial charge in [-0.3, -0.25) is 9.59 Å². The van der Waals surface area contributed by atoms with Crippen molar-refractivity contribution in [2.45, 2.75) is 51.2 Å². The standard InChI is InChI=1S/C16H27N3O3/c1-2-18-11-16(5-3-13(18)21)6-9-19(10-7-16)15(22)14-12(20)4-8-17-14/h12,14,17,20H,2-11H2,1H3/t12-,14-/m0/s1. The summed E-state index contributed by atoms with van der Waals surface area (Å²) in [7, 11) is 0. The van der Waals surface area contributed by atoms with Crippen molar-refractivity contribution >= 4 is 11.8 Å². The maximum atomic E-state index is 12.5. The van der Waals surface area contributed by atoms with Crippen LogP contribution in [0.3, 0.4) is 0 Å². The molecule has 3 fully saturated rings. The van der Waals surface area contributed by atoms with Crippen molar-refractivity contribution in [2.75, 3.05) is 32.7 Å². The number of likely N-dealkylation sites (tertiary alicyclic amines) is 2. The van der Waals surface area contributed by atoms with Crippen LogP contribution in [0.25, 0.3) is 0 Å². The van der Waals surface area contributed by atoms with Crippen molar-refractivity contribution in [1.82, 2.24) is 15.1 Å². The van der Waals surface area contributed by atoms with E-state index in [4.69, 9.17) is 0 Å². The molecule has 22 heavy (non-hydrogen) atoms. The van der Waals surface area contributed by atoms with Crippen LogP contribution in [0.1, 0.15) is 39.0 Å². The number of rotatable bonds is 2. The van der Waals surface area contributed by atoms with Gasteiger partial charge in [-0.2, -0.15) is 0 Å². The van der Waals surface area contributed by atoms with Gasteiger partial charge in [0, 0.05) is 32.6 Å². The lowest BCUT2D eigenvalue weighted by Crippen LogP contribution is -2.55. The van der Waals surface area contributed by atoms with Crippen molar-refractivity contribution < 1.29 is 14.7 Å². The van der Waals surface area contributed by atoms with Crippen LogP contribution in [0.2, 0.25) is 0 Å². The first-order valence-corrected chi connectivity index (χ1v) is 8.53. The number of nitrogens with zero attached hydrogens (tertiary/aromatic N) is 2. The van der Waals surface area contributed by atoms with Gasteiger partial charge in [0.15, 0.2) is 0 Å². The molecule has 124 valence electrons. The molecular formula is C16H27N3O3. The zero-order valence-corrected chi connectivity index (χ0v) is 13.4. The lowest BCUT2D eigenvalue weighted by Gasteiger charge is -2.47. The molecule has 0 aromatic carbocycles. The van der Waals surface area contributed by atoms with E-state index in [9.17, 15) is 14.7 Å². The van der Waals surface area contributed by atoms with Gasteiger partial charge in [-0.25, -0.2) is 0 Å². The first-order chi connectivity index (χ1) is 10.5. The van der Waals surface area contributed by atoms with E-state index >= 15 is 0 Å². The summed E-state index contributed by atoms with van der Waals surface area (Å²) in [5.74, 6) is 0.309. The predicted molar refractivity (Wildman–Crippen MR) is 82.1 cm³/mol. The Morgan fingerprint density at radius 3 is 2.68 bits per heavy atom. The van der Waals surface area contributed by atoms with Gasteiger partial charge in [0.25, 0.3) is 0 Å². The third-order valence-corrected chi connectivity index (χ3v) is 5.72. The monoisotopic (exact) mass is 309 g/mol. The highest BCUT2D eigenvalue weighted by molar-refractivity contribution is 5.83. The van der Waals surface area contributed by atoms with E-state index in [-0.39, 0.29) is 17.2 Å². The fraction of sp³-hybridized carbons (Fsp3) is 0.875. The van der Waals surface area contributed by atoms with Crippen LogP contribution in [0.4, 0.5) is 0 Å². The third kappa shape index (κ3) is 2.86. The first kappa shape index (κ1) is 15.7. The van der Waals surface area contributed by atoms with E-state index in [1.807, 2.05) is 16.7 Å². The van der Waals surface area contributed by atoms with Crippen LogP contribution in [0.15, 0.2) is 0 Å². The number of aliphatic hydroxyl groups is 1. The Kier molecular flexibility index (Phi) is 4.41. The molecule has 0 saturated carbocycles. The molecule has 1 spiro atoms. The van der Waals surface area contributed by atoms with E-state index in [0.29, 0.717) is 19.4 Å². The molecule has 0 radical (unpaired) electrons. The number of aliphatic hydroxyl groups excluding tert-OH is 1. The molecule has 0 aliphatic carbocycles. The maximum absolute atomic E-state index is 12.5. The Morgan fingerprint density at radius 2 is 2.09 bits per heavy atom. The lowest BCUT2D eigenvalue weighted by atomic mass is 9.72. The van der Waals surface area contributed by atoms with Gasteiger partial charge in [-0.15, -0.1) is 0 Å². The zero-order valence-electron chi connectivity index (χ0n) is 13.4. The molecule has 2 amide bonds. The Hall–Kier alpha value is -1.14. The number of carbonyl (C=O) groups excluding carboxylic acids is 2. The quantitative estimate of drug-likeness (QED) is 0.751. The van der Waals surface area contributed by atoms with Gasteiger partial charge in [-0.05, 0) is 44.6 Å². The highest BCUT2D eigenvalue weighted by Crippen LogP contribution is 2.40. The van der Waals surface area contributed by atoms with Crippen LogP contribution >= 0.6 is 0 Å². The Balaban J connectivity index is 1.58.